The van der Waals surface area contributed by atoms with Crippen LogP contribution in [0.4, 0.5) is 17.1 Å². The Balaban J connectivity index is 1.87. The second-order valence-electron chi connectivity index (χ2n) is 6.56. The van der Waals surface area contributed by atoms with E-state index in [4.69, 9.17) is 0 Å². The highest BCUT2D eigenvalue weighted by Gasteiger charge is 2.05. The van der Waals surface area contributed by atoms with Crippen LogP contribution in [0.15, 0.2) is 48.5 Å². The van der Waals surface area contributed by atoms with E-state index in [2.05, 4.69) is 32.6 Å². The van der Waals surface area contributed by atoms with E-state index >= 15 is 0 Å². The molecule has 2 rings (SSSR count). The average molecular weight is 340 g/mol. The third-order valence-corrected chi connectivity index (χ3v) is 3.89. The largest absolute Gasteiger partial charge is 0.378 e. The van der Waals surface area contributed by atoms with Crippen LogP contribution in [0.1, 0.15) is 16.8 Å². The third kappa shape index (κ3) is 6.12. The molecule has 134 valence electrons. The fourth-order valence-electron chi connectivity index (χ4n) is 2.41. The van der Waals surface area contributed by atoms with E-state index in [9.17, 15) is 4.79 Å². The van der Waals surface area contributed by atoms with Gasteiger partial charge in [0.1, 0.15) is 0 Å². The summed E-state index contributed by atoms with van der Waals surface area (Å²) in [7, 11) is 8.10. The quantitative estimate of drug-likeness (QED) is 0.725. The van der Waals surface area contributed by atoms with Crippen LogP contribution in [0.5, 0.6) is 0 Å². The van der Waals surface area contributed by atoms with Crippen LogP contribution < -0.4 is 15.5 Å². The standard InChI is InChI=1S/C20H28N4O/c1-23(2)15-5-14-21-20(25)16-6-8-17(9-7-16)22-18-10-12-19(13-11-18)24(3)4/h6-13,22H,5,14-15H2,1-4H3,(H,21,25). The van der Waals surface area contributed by atoms with Crippen molar-refractivity contribution in [3.8, 4) is 0 Å². The summed E-state index contributed by atoms with van der Waals surface area (Å²) in [4.78, 5) is 16.3. The molecule has 0 aliphatic heterocycles. The molecule has 2 N–H and O–H groups in total. The Hall–Kier alpha value is -2.53. The fourth-order valence-corrected chi connectivity index (χ4v) is 2.41. The van der Waals surface area contributed by atoms with E-state index in [-0.39, 0.29) is 5.91 Å². The summed E-state index contributed by atoms with van der Waals surface area (Å²) in [6.07, 6.45) is 0.946. The molecule has 0 aliphatic carbocycles. The summed E-state index contributed by atoms with van der Waals surface area (Å²) in [5.74, 6) is -0.0272. The molecule has 0 radical (unpaired) electrons. The summed E-state index contributed by atoms with van der Waals surface area (Å²) >= 11 is 0. The lowest BCUT2D eigenvalue weighted by Crippen LogP contribution is -2.27. The van der Waals surface area contributed by atoms with Crippen molar-refractivity contribution < 1.29 is 4.79 Å². The summed E-state index contributed by atoms with van der Waals surface area (Å²) in [5, 5.41) is 6.29. The van der Waals surface area contributed by atoms with Gasteiger partial charge in [0.2, 0.25) is 0 Å². The highest BCUT2D eigenvalue weighted by Crippen LogP contribution is 2.20. The molecule has 0 fully saturated rings. The predicted molar refractivity (Wildman–Crippen MR) is 106 cm³/mol. The van der Waals surface area contributed by atoms with Gasteiger partial charge in [-0.05, 0) is 75.6 Å². The zero-order valence-electron chi connectivity index (χ0n) is 15.5. The van der Waals surface area contributed by atoms with Crippen LogP contribution in [0, 0.1) is 0 Å². The number of amides is 1. The van der Waals surface area contributed by atoms with Crippen LogP contribution >= 0.6 is 0 Å². The number of carbonyl (C=O) groups is 1. The van der Waals surface area contributed by atoms with Crippen molar-refractivity contribution >= 4 is 23.0 Å². The van der Waals surface area contributed by atoms with Gasteiger partial charge in [-0.3, -0.25) is 4.79 Å². The monoisotopic (exact) mass is 340 g/mol. The van der Waals surface area contributed by atoms with Gasteiger partial charge in [-0.15, -0.1) is 0 Å². The third-order valence-electron chi connectivity index (χ3n) is 3.89. The number of hydrogen-bond acceptors (Lipinski definition) is 4. The first-order valence-corrected chi connectivity index (χ1v) is 8.53. The molecule has 1 amide bonds. The topological polar surface area (TPSA) is 47.6 Å². The first kappa shape index (κ1) is 18.8. The minimum Gasteiger partial charge on any atom is -0.378 e. The van der Waals surface area contributed by atoms with Crippen LogP contribution in [-0.2, 0) is 0 Å². The molecule has 0 atom stereocenters. The normalized spacial score (nSPS) is 10.6. The number of rotatable bonds is 8. The Kier molecular flexibility index (Phi) is 6.83. The molecule has 0 saturated carbocycles. The van der Waals surface area contributed by atoms with E-state index in [1.807, 2.05) is 64.6 Å². The summed E-state index contributed by atoms with van der Waals surface area (Å²) in [6.45, 7) is 1.66. The number of benzene rings is 2. The maximum absolute atomic E-state index is 12.1. The number of nitrogens with zero attached hydrogens (tertiary/aromatic N) is 2. The molecule has 0 unspecified atom stereocenters. The Labute approximate surface area is 150 Å². The summed E-state index contributed by atoms with van der Waals surface area (Å²) in [6, 6.07) is 15.8. The van der Waals surface area contributed by atoms with Gasteiger partial charge in [0.05, 0.1) is 0 Å². The van der Waals surface area contributed by atoms with Crippen molar-refractivity contribution in [2.45, 2.75) is 6.42 Å². The van der Waals surface area contributed by atoms with Crippen LogP contribution in [-0.4, -0.2) is 52.1 Å². The summed E-state index contributed by atoms with van der Waals surface area (Å²) < 4.78 is 0. The van der Waals surface area contributed by atoms with Gasteiger partial charge < -0.3 is 20.4 Å². The molecule has 5 nitrogen and oxygen atoms in total. The molecule has 5 heteroatoms. The van der Waals surface area contributed by atoms with Gasteiger partial charge in [-0.25, -0.2) is 0 Å². The van der Waals surface area contributed by atoms with Crippen molar-refractivity contribution in [1.82, 2.24) is 10.2 Å². The average Bonchev–Trinajstić information content (AvgIpc) is 2.59. The lowest BCUT2D eigenvalue weighted by Gasteiger charge is -2.13. The molecule has 0 aromatic heterocycles. The minimum atomic E-state index is -0.0272. The maximum atomic E-state index is 12.1. The van der Waals surface area contributed by atoms with Gasteiger partial charge in [0, 0.05) is 43.3 Å². The Morgan fingerprint density at radius 1 is 0.880 bits per heavy atom. The van der Waals surface area contributed by atoms with E-state index in [0.717, 1.165) is 30.0 Å². The molecule has 2 aromatic rings. The predicted octanol–water partition coefficient (Wildman–Crippen LogP) is 3.18. The number of anilines is 3. The lowest BCUT2D eigenvalue weighted by molar-refractivity contribution is 0.0952. The number of nitrogens with one attached hydrogen (secondary N) is 2. The van der Waals surface area contributed by atoms with Crippen LogP contribution in [0.2, 0.25) is 0 Å². The van der Waals surface area contributed by atoms with Crippen LogP contribution in [0.25, 0.3) is 0 Å². The van der Waals surface area contributed by atoms with Crippen molar-refractivity contribution in [2.75, 3.05) is 51.5 Å². The van der Waals surface area contributed by atoms with Gasteiger partial charge in [0.25, 0.3) is 5.91 Å². The molecule has 0 bridgehead atoms. The highest BCUT2D eigenvalue weighted by atomic mass is 16.1. The van der Waals surface area contributed by atoms with Crippen molar-refractivity contribution in [2.24, 2.45) is 0 Å². The molecule has 2 aromatic carbocycles. The number of hydrogen-bond donors (Lipinski definition) is 2. The zero-order valence-corrected chi connectivity index (χ0v) is 15.5. The molecular formula is C20H28N4O. The molecule has 25 heavy (non-hydrogen) atoms. The second kappa shape index (κ2) is 9.08. The van der Waals surface area contributed by atoms with Crippen molar-refractivity contribution in [1.29, 1.82) is 0 Å². The Bertz CT molecular complexity index is 663. The van der Waals surface area contributed by atoms with Gasteiger partial charge in [-0.1, -0.05) is 0 Å². The molecule has 0 heterocycles. The van der Waals surface area contributed by atoms with Crippen molar-refractivity contribution in [3.05, 3.63) is 54.1 Å². The molecule has 0 spiro atoms. The van der Waals surface area contributed by atoms with Crippen molar-refractivity contribution in [3.63, 3.8) is 0 Å². The highest BCUT2D eigenvalue weighted by molar-refractivity contribution is 5.94. The lowest BCUT2D eigenvalue weighted by atomic mass is 10.2. The second-order valence-corrected chi connectivity index (χ2v) is 6.56. The van der Waals surface area contributed by atoms with E-state index < -0.39 is 0 Å². The molecular weight excluding hydrogens is 312 g/mol. The van der Waals surface area contributed by atoms with E-state index in [1.54, 1.807) is 0 Å². The van der Waals surface area contributed by atoms with Gasteiger partial charge in [-0.2, -0.15) is 0 Å². The smallest absolute Gasteiger partial charge is 0.251 e. The SMILES string of the molecule is CN(C)CCCNC(=O)c1ccc(Nc2ccc(N(C)C)cc2)cc1. The fraction of sp³-hybridized carbons (Fsp3) is 0.350. The Morgan fingerprint density at radius 2 is 1.44 bits per heavy atom. The Morgan fingerprint density at radius 3 is 1.96 bits per heavy atom. The molecule has 0 saturated heterocycles. The first-order chi connectivity index (χ1) is 12.0. The van der Waals surface area contributed by atoms with E-state index in [0.29, 0.717) is 12.1 Å². The van der Waals surface area contributed by atoms with Gasteiger partial charge in [0.15, 0.2) is 0 Å². The number of carbonyl (C=O) groups excluding carboxylic acids is 1. The van der Waals surface area contributed by atoms with Gasteiger partial charge >= 0.3 is 0 Å². The maximum Gasteiger partial charge on any atom is 0.251 e. The zero-order chi connectivity index (χ0) is 18.2. The molecule has 0 aliphatic rings. The minimum absolute atomic E-state index is 0.0272. The first-order valence-electron chi connectivity index (χ1n) is 8.53. The summed E-state index contributed by atoms with van der Waals surface area (Å²) in [5.41, 5.74) is 3.82. The van der Waals surface area contributed by atoms with Crippen LogP contribution in [0.3, 0.4) is 0 Å². The van der Waals surface area contributed by atoms with E-state index in [1.165, 1.54) is 0 Å².